The quantitative estimate of drug-likeness (QED) is 0.462. The van der Waals surface area contributed by atoms with Crippen LogP contribution in [0.1, 0.15) is 18.2 Å². The fourth-order valence-corrected chi connectivity index (χ4v) is 3.60. The van der Waals surface area contributed by atoms with E-state index in [-0.39, 0.29) is 24.0 Å². The van der Waals surface area contributed by atoms with E-state index in [0.29, 0.717) is 29.4 Å². The predicted octanol–water partition coefficient (Wildman–Crippen LogP) is 3.57. The van der Waals surface area contributed by atoms with Gasteiger partial charge in [0.15, 0.2) is 6.61 Å². The highest BCUT2D eigenvalue weighted by Gasteiger charge is 2.16. The van der Waals surface area contributed by atoms with Crippen molar-refractivity contribution < 1.29 is 9.53 Å². The SMILES string of the molecule is CCc1cc(=O)[nH]c(-n2nc(-c3cccs3)cc2NC(=O)COc2ccc(C)cc2)n1. The third kappa shape index (κ3) is 4.89. The second-order valence-corrected chi connectivity index (χ2v) is 7.82. The molecule has 158 valence electrons. The lowest BCUT2D eigenvalue weighted by Crippen LogP contribution is -2.23. The van der Waals surface area contributed by atoms with E-state index < -0.39 is 0 Å². The lowest BCUT2D eigenvalue weighted by Gasteiger charge is -2.10. The minimum absolute atomic E-state index is 0.165. The van der Waals surface area contributed by atoms with Gasteiger partial charge < -0.3 is 10.1 Å². The van der Waals surface area contributed by atoms with Crippen molar-refractivity contribution in [2.45, 2.75) is 20.3 Å². The molecule has 9 heteroatoms. The number of aromatic amines is 1. The number of H-pyrrole nitrogens is 1. The Balaban J connectivity index is 1.61. The summed E-state index contributed by atoms with van der Waals surface area (Å²) in [5.74, 6) is 0.878. The lowest BCUT2D eigenvalue weighted by molar-refractivity contribution is -0.118. The highest BCUT2D eigenvalue weighted by Crippen LogP contribution is 2.27. The number of carbonyl (C=O) groups excluding carboxylic acids is 1. The smallest absolute Gasteiger partial charge is 0.263 e. The molecular weight excluding hydrogens is 414 g/mol. The number of hydrogen-bond acceptors (Lipinski definition) is 6. The molecule has 3 aromatic heterocycles. The molecule has 4 rings (SSSR count). The molecule has 0 radical (unpaired) electrons. The number of carbonyl (C=O) groups is 1. The minimum Gasteiger partial charge on any atom is -0.484 e. The van der Waals surface area contributed by atoms with E-state index >= 15 is 0 Å². The van der Waals surface area contributed by atoms with Gasteiger partial charge in [0.2, 0.25) is 5.95 Å². The molecule has 0 unspecified atom stereocenters. The van der Waals surface area contributed by atoms with Gasteiger partial charge in [-0.25, -0.2) is 4.98 Å². The van der Waals surface area contributed by atoms with Gasteiger partial charge in [0, 0.05) is 17.8 Å². The first-order chi connectivity index (χ1) is 15.0. The zero-order valence-electron chi connectivity index (χ0n) is 17.1. The second kappa shape index (κ2) is 8.97. The molecule has 31 heavy (non-hydrogen) atoms. The summed E-state index contributed by atoms with van der Waals surface area (Å²) >= 11 is 1.53. The van der Waals surface area contributed by atoms with Crippen LogP contribution in [0.2, 0.25) is 0 Å². The average Bonchev–Trinajstić information content (AvgIpc) is 3.43. The van der Waals surface area contributed by atoms with Crippen LogP contribution in [0.4, 0.5) is 5.82 Å². The van der Waals surface area contributed by atoms with Gasteiger partial charge >= 0.3 is 0 Å². The van der Waals surface area contributed by atoms with E-state index in [1.165, 1.54) is 22.1 Å². The maximum atomic E-state index is 12.6. The van der Waals surface area contributed by atoms with E-state index in [2.05, 4.69) is 20.4 Å². The summed E-state index contributed by atoms with van der Waals surface area (Å²) in [7, 11) is 0. The Morgan fingerprint density at radius 1 is 1.23 bits per heavy atom. The molecule has 0 spiro atoms. The average molecular weight is 436 g/mol. The predicted molar refractivity (Wildman–Crippen MR) is 120 cm³/mol. The largest absolute Gasteiger partial charge is 0.484 e. The van der Waals surface area contributed by atoms with Gasteiger partial charge in [-0.2, -0.15) is 9.78 Å². The van der Waals surface area contributed by atoms with Gasteiger partial charge in [0.05, 0.1) is 4.88 Å². The van der Waals surface area contributed by atoms with Crippen molar-refractivity contribution >= 4 is 23.1 Å². The number of ether oxygens (including phenoxy) is 1. The molecule has 0 fully saturated rings. The van der Waals surface area contributed by atoms with E-state index in [1.807, 2.05) is 55.6 Å². The number of aryl methyl sites for hydroxylation is 2. The van der Waals surface area contributed by atoms with Crippen LogP contribution >= 0.6 is 11.3 Å². The molecule has 0 aliphatic carbocycles. The normalized spacial score (nSPS) is 10.8. The molecule has 0 bridgehead atoms. The number of rotatable bonds is 7. The summed E-state index contributed by atoms with van der Waals surface area (Å²) in [6.45, 7) is 3.73. The molecule has 4 aromatic rings. The summed E-state index contributed by atoms with van der Waals surface area (Å²) in [6.07, 6.45) is 0.599. The summed E-state index contributed by atoms with van der Waals surface area (Å²) in [6, 6.07) is 14.5. The highest BCUT2D eigenvalue weighted by atomic mass is 32.1. The van der Waals surface area contributed by atoms with E-state index in [0.717, 1.165) is 10.4 Å². The Morgan fingerprint density at radius 2 is 2.03 bits per heavy atom. The van der Waals surface area contributed by atoms with Gasteiger partial charge in [-0.15, -0.1) is 11.3 Å². The van der Waals surface area contributed by atoms with Crippen LogP contribution in [0, 0.1) is 6.92 Å². The van der Waals surface area contributed by atoms with Crippen LogP contribution in [-0.2, 0) is 11.2 Å². The molecule has 8 nitrogen and oxygen atoms in total. The standard InChI is InChI=1S/C22H21N5O3S/c1-3-15-11-20(28)25-22(23-15)27-19(12-17(26-27)18-5-4-10-31-18)24-21(29)13-30-16-8-6-14(2)7-9-16/h4-12H,3,13H2,1-2H3,(H,24,29)(H,23,25,28). The van der Waals surface area contributed by atoms with Crippen molar-refractivity contribution in [3.8, 4) is 22.3 Å². The second-order valence-electron chi connectivity index (χ2n) is 6.87. The number of nitrogens with one attached hydrogen (secondary N) is 2. The van der Waals surface area contributed by atoms with Crippen LogP contribution < -0.4 is 15.6 Å². The maximum absolute atomic E-state index is 12.6. The topological polar surface area (TPSA) is 102 Å². The van der Waals surface area contributed by atoms with Crippen LogP contribution in [0.15, 0.2) is 58.7 Å². The maximum Gasteiger partial charge on any atom is 0.263 e. The number of amides is 1. The summed E-state index contributed by atoms with van der Waals surface area (Å²) in [5, 5.41) is 9.31. The molecule has 0 saturated carbocycles. The van der Waals surface area contributed by atoms with Gasteiger partial charge in [-0.3, -0.25) is 14.6 Å². The summed E-state index contributed by atoms with van der Waals surface area (Å²) < 4.78 is 6.99. The Hall–Kier alpha value is -3.72. The van der Waals surface area contributed by atoms with Crippen molar-refractivity contribution in [1.29, 1.82) is 0 Å². The molecule has 1 aromatic carbocycles. The highest BCUT2D eigenvalue weighted by molar-refractivity contribution is 7.13. The first-order valence-corrected chi connectivity index (χ1v) is 10.6. The first kappa shape index (κ1) is 20.5. The van der Waals surface area contributed by atoms with Crippen molar-refractivity contribution in [3.05, 3.63) is 75.5 Å². The van der Waals surface area contributed by atoms with Crippen LogP contribution in [0.5, 0.6) is 5.75 Å². The van der Waals surface area contributed by atoms with Crippen LogP contribution in [-0.4, -0.2) is 32.3 Å². The van der Waals surface area contributed by atoms with Gasteiger partial charge in [0.25, 0.3) is 11.5 Å². The van der Waals surface area contributed by atoms with Gasteiger partial charge in [0.1, 0.15) is 17.3 Å². The summed E-state index contributed by atoms with van der Waals surface area (Å²) in [4.78, 5) is 32.7. The van der Waals surface area contributed by atoms with Crippen LogP contribution in [0.25, 0.3) is 16.5 Å². The van der Waals surface area contributed by atoms with Gasteiger partial charge in [-0.05, 0) is 36.9 Å². The number of hydrogen-bond donors (Lipinski definition) is 2. The number of aromatic nitrogens is 4. The fourth-order valence-electron chi connectivity index (χ4n) is 2.91. The Labute approximate surface area is 182 Å². The first-order valence-electron chi connectivity index (χ1n) is 9.75. The molecule has 1 amide bonds. The zero-order chi connectivity index (χ0) is 21.8. The third-order valence-electron chi connectivity index (χ3n) is 4.49. The third-order valence-corrected chi connectivity index (χ3v) is 5.38. The molecule has 0 atom stereocenters. The van der Waals surface area contributed by atoms with Crippen LogP contribution in [0.3, 0.4) is 0 Å². The minimum atomic E-state index is -0.353. The molecular formula is C22H21N5O3S. The van der Waals surface area contributed by atoms with Crippen molar-refractivity contribution in [3.63, 3.8) is 0 Å². The van der Waals surface area contributed by atoms with Crippen molar-refractivity contribution in [2.24, 2.45) is 0 Å². The zero-order valence-corrected chi connectivity index (χ0v) is 17.9. The number of thiophene rings is 1. The number of anilines is 1. The Kier molecular flexibility index (Phi) is 5.94. The fraction of sp³-hybridized carbons (Fsp3) is 0.182. The Morgan fingerprint density at radius 3 is 2.74 bits per heavy atom. The molecule has 0 aliphatic rings. The number of benzene rings is 1. The van der Waals surface area contributed by atoms with E-state index in [4.69, 9.17) is 4.74 Å². The summed E-state index contributed by atoms with van der Waals surface area (Å²) in [5.41, 5.74) is 2.12. The molecule has 0 aliphatic heterocycles. The van der Waals surface area contributed by atoms with Crippen molar-refractivity contribution in [2.75, 3.05) is 11.9 Å². The Bertz CT molecular complexity index is 1240. The lowest BCUT2D eigenvalue weighted by atomic mass is 10.2. The number of nitrogens with zero attached hydrogens (tertiary/aromatic N) is 3. The van der Waals surface area contributed by atoms with E-state index in [1.54, 1.807) is 6.07 Å². The molecule has 3 heterocycles. The van der Waals surface area contributed by atoms with Gasteiger partial charge in [-0.1, -0.05) is 30.7 Å². The molecule has 0 saturated heterocycles. The van der Waals surface area contributed by atoms with Crippen molar-refractivity contribution in [1.82, 2.24) is 19.7 Å². The molecule has 2 N–H and O–H groups in total. The monoisotopic (exact) mass is 435 g/mol. The van der Waals surface area contributed by atoms with E-state index in [9.17, 15) is 9.59 Å².